The summed E-state index contributed by atoms with van der Waals surface area (Å²) in [6, 6.07) is 12.8. The maximum atomic E-state index is 13.2. The Bertz CT molecular complexity index is 629. The van der Waals surface area contributed by atoms with Gasteiger partial charge in [0, 0.05) is 0 Å². The summed E-state index contributed by atoms with van der Waals surface area (Å²) in [7, 11) is 1.66. The molecule has 0 radical (unpaired) electrons. The summed E-state index contributed by atoms with van der Waals surface area (Å²) >= 11 is 0. The monoisotopic (exact) mass is 240 g/mol. The van der Waals surface area contributed by atoms with Crippen LogP contribution in [0.4, 0.5) is 4.39 Å². The molecule has 0 saturated heterocycles. The molecule has 0 atom stereocenters. The first-order valence-electron chi connectivity index (χ1n) is 5.90. The largest absolute Gasteiger partial charge is 0.497 e. The van der Waals surface area contributed by atoms with Gasteiger partial charge < -0.3 is 4.74 Å². The highest BCUT2D eigenvalue weighted by Crippen LogP contribution is 2.33. The van der Waals surface area contributed by atoms with Gasteiger partial charge in [-0.05, 0) is 52.9 Å². The first-order chi connectivity index (χ1) is 8.76. The zero-order valence-corrected chi connectivity index (χ0v) is 10.1. The van der Waals surface area contributed by atoms with Gasteiger partial charge in [0.1, 0.15) is 11.6 Å². The van der Waals surface area contributed by atoms with E-state index in [1.165, 1.54) is 17.2 Å². The van der Waals surface area contributed by atoms with Crippen LogP contribution in [0.1, 0.15) is 16.7 Å². The third-order valence-corrected chi connectivity index (χ3v) is 3.26. The Labute approximate surface area is 106 Å². The quantitative estimate of drug-likeness (QED) is 0.772. The Morgan fingerprint density at radius 2 is 2.00 bits per heavy atom. The molecule has 0 heterocycles. The van der Waals surface area contributed by atoms with E-state index in [0.29, 0.717) is 0 Å². The van der Waals surface area contributed by atoms with Crippen LogP contribution in [0.2, 0.25) is 0 Å². The van der Waals surface area contributed by atoms with Crippen LogP contribution in [0, 0.1) is 5.82 Å². The van der Waals surface area contributed by atoms with Crippen molar-refractivity contribution in [2.24, 2.45) is 0 Å². The lowest BCUT2D eigenvalue weighted by Gasteiger charge is -2.04. The molecule has 2 aromatic rings. The Morgan fingerprint density at radius 1 is 1.11 bits per heavy atom. The van der Waals surface area contributed by atoms with Crippen LogP contribution < -0.4 is 4.74 Å². The number of fused-ring (bicyclic) bond motifs is 1. The zero-order valence-electron chi connectivity index (χ0n) is 10.1. The van der Waals surface area contributed by atoms with Gasteiger partial charge >= 0.3 is 0 Å². The summed E-state index contributed by atoms with van der Waals surface area (Å²) < 4.78 is 18.4. The van der Waals surface area contributed by atoms with E-state index in [9.17, 15) is 4.39 Å². The van der Waals surface area contributed by atoms with Crippen molar-refractivity contribution in [1.29, 1.82) is 0 Å². The summed E-state index contributed by atoms with van der Waals surface area (Å²) in [6.45, 7) is 0. The van der Waals surface area contributed by atoms with Gasteiger partial charge in [-0.25, -0.2) is 4.39 Å². The van der Waals surface area contributed by atoms with Crippen molar-refractivity contribution in [2.75, 3.05) is 7.11 Å². The van der Waals surface area contributed by atoms with Crippen molar-refractivity contribution in [3.8, 4) is 5.75 Å². The number of benzene rings is 2. The molecule has 0 unspecified atom stereocenters. The lowest BCUT2D eigenvalue weighted by Crippen LogP contribution is -1.88. The highest BCUT2D eigenvalue weighted by Gasteiger charge is 2.15. The second-order valence-corrected chi connectivity index (χ2v) is 4.42. The average molecular weight is 240 g/mol. The summed E-state index contributed by atoms with van der Waals surface area (Å²) in [6.07, 6.45) is 2.94. The summed E-state index contributed by atoms with van der Waals surface area (Å²) in [4.78, 5) is 0. The molecular formula is C16H13FO. The van der Waals surface area contributed by atoms with Crippen LogP contribution in [-0.4, -0.2) is 7.11 Å². The molecule has 0 aromatic heterocycles. The van der Waals surface area contributed by atoms with Crippen molar-refractivity contribution in [1.82, 2.24) is 0 Å². The molecule has 1 aliphatic carbocycles. The topological polar surface area (TPSA) is 9.23 Å². The summed E-state index contributed by atoms with van der Waals surface area (Å²) in [5.41, 5.74) is 4.52. The van der Waals surface area contributed by atoms with Gasteiger partial charge in [-0.3, -0.25) is 0 Å². The molecule has 0 fully saturated rings. The van der Waals surface area contributed by atoms with E-state index in [1.807, 2.05) is 24.3 Å². The maximum absolute atomic E-state index is 13.2. The van der Waals surface area contributed by atoms with Gasteiger partial charge in [0.05, 0.1) is 7.11 Å². The molecule has 2 heteroatoms. The molecule has 1 aliphatic rings. The van der Waals surface area contributed by atoms with Crippen molar-refractivity contribution in [2.45, 2.75) is 6.42 Å². The first-order valence-corrected chi connectivity index (χ1v) is 5.90. The van der Waals surface area contributed by atoms with Gasteiger partial charge in [-0.15, -0.1) is 0 Å². The number of allylic oxidation sites excluding steroid dienone is 1. The summed E-state index contributed by atoms with van der Waals surface area (Å²) in [5.74, 6) is 0.671. The van der Waals surface area contributed by atoms with Crippen LogP contribution in [-0.2, 0) is 6.42 Å². The lowest BCUT2D eigenvalue weighted by atomic mass is 10.0. The fraction of sp³-hybridized carbons (Fsp3) is 0.125. The molecule has 18 heavy (non-hydrogen) atoms. The number of hydrogen-bond donors (Lipinski definition) is 0. The predicted octanol–water partition coefficient (Wildman–Crippen LogP) is 3.93. The SMILES string of the molecule is COc1ccc2c(c1)CC(c1cccc(F)c1)=C2. The Kier molecular flexibility index (Phi) is 2.63. The molecule has 2 aromatic carbocycles. The van der Waals surface area contributed by atoms with Crippen LogP contribution in [0.25, 0.3) is 11.6 Å². The van der Waals surface area contributed by atoms with E-state index in [0.717, 1.165) is 23.3 Å². The second kappa shape index (κ2) is 4.30. The highest BCUT2D eigenvalue weighted by molar-refractivity contribution is 5.88. The summed E-state index contributed by atoms with van der Waals surface area (Å²) in [5, 5.41) is 0. The van der Waals surface area contributed by atoms with Crippen molar-refractivity contribution >= 4 is 11.6 Å². The van der Waals surface area contributed by atoms with E-state index in [2.05, 4.69) is 6.08 Å². The molecular weight excluding hydrogens is 227 g/mol. The molecule has 0 saturated carbocycles. The van der Waals surface area contributed by atoms with E-state index in [1.54, 1.807) is 19.2 Å². The van der Waals surface area contributed by atoms with E-state index in [-0.39, 0.29) is 5.82 Å². The van der Waals surface area contributed by atoms with Gasteiger partial charge in [0.15, 0.2) is 0 Å². The van der Waals surface area contributed by atoms with Crippen molar-refractivity contribution in [3.63, 3.8) is 0 Å². The lowest BCUT2D eigenvalue weighted by molar-refractivity contribution is 0.414. The standard InChI is InChI=1S/C16H13FO/c1-18-16-6-5-12-7-13(8-14(12)10-16)11-3-2-4-15(17)9-11/h2-7,9-10H,8H2,1H3. The minimum absolute atomic E-state index is 0.193. The van der Waals surface area contributed by atoms with Gasteiger partial charge in [-0.2, -0.15) is 0 Å². The molecule has 0 spiro atoms. The second-order valence-electron chi connectivity index (χ2n) is 4.42. The van der Waals surface area contributed by atoms with Gasteiger partial charge in [0.2, 0.25) is 0 Å². The fourth-order valence-corrected chi connectivity index (χ4v) is 2.32. The fourth-order valence-electron chi connectivity index (χ4n) is 2.32. The first kappa shape index (κ1) is 11.0. The predicted molar refractivity (Wildman–Crippen MR) is 71.0 cm³/mol. The number of methoxy groups -OCH3 is 1. The minimum atomic E-state index is -0.193. The molecule has 0 amide bonds. The molecule has 3 rings (SSSR count). The van der Waals surface area contributed by atoms with Crippen LogP contribution in [0.15, 0.2) is 42.5 Å². The van der Waals surface area contributed by atoms with Crippen molar-refractivity contribution < 1.29 is 9.13 Å². The minimum Gasteiger partial charge on any atom is -0.497 e. The van der Waals surface area contributed by atoms with Crippen LogP contribution >= 0.6 is 0 Å². The van der Waals surface area contributed by atoms with E-state index in [4.69, 9.17) is 4.74 Å². The zero-order chi connectivity index (χ0) is 12.5. The average Bonchev–Trinajstić information content (AvgIpc) is 2.81. The van der Waals surface area contributed by atoms with E-state index < -0.39 is 0 Å². The number of rotatable bonds is 2. The van der Waals surface area contributed by atoms with Crippen LogP contribution in [0.3, 0.4) is 0 Å². The molecule has 0 N–H and O–H groups in total. The molecule has 1 nitrogen and oxygen atoms in total. The van der Waals surface area contributed by atoms with Gasteiger partial charge in [0.25, 0.3) is 0 Å². The third kappa shape index (κ3) is 1.90. The van der Waals surface area contributed by atoms with Crippen molar-refractivity contribution in [3.05, 3.63) is 65.0 Å². The maximum Gasteiger partial charge on any atom is 0.123 e. The molecule has 90 valence electrons. The normalized spacial score (nSPS) is 13.1. The van der Waals surface area contributed by atoms with Gasteiger partial charge in [-0.1, -0.05) is 24.3 Å². The number of ether oxygens (including phenoxy) is 1. The highest BCUT2D eigenvalue weighted by atomic mass is 19.1. The van der Waals surface area contributed by atoms with E-state index >= 15 is 0 Å². The smallest absolute Gasteiger partial charge is 0.123 e. The third-order valence-electron chi connectivity index (χ3n) is 3.26. The Morgan fingerprint density at radius 3 is 2.78 bits per heavy atom. The number of hydrogen-bond acceptors (Lipinski definition) is 1. The molecule has 0 aliphatic heterocycles. The molecule has 0 bridgehead atoms. The van der Waals surface area contributed by atoms with Crippen LogP contribution in [0.5, 0.6) is 5.75 Å². The Balaban J connectivity index is 1.96. The number of halogens is 1. The Hall–Kier alpha value is -2.09.